The highest BCUT2D eigenvalue weighted by Gasteiger charge is 2.20. The van der Waals surface area contributed by atoms with Crippen LogP contribution in [0.5, 0.6) is 11.5 Å². The molecule has 0 saturated carbocycles. The molecule has 1 heterocycles. The van der Waals surface area contributed by atoms with Crippen molar-refractivity contribution in [2.24, 2.45) is 0 Å². The number of benzene rings is 2. The van der Waals surface area contributed by atoms with Crippen LogP contribution in [-0.2, 0) is 0 Å². The number of carbonyl (C=O) groups excluding carboxylic acids is 1. The maximum Gasteiger partial charge on any atom is 0.257 e. The van der Waals surface area contributed by atoms with Crippen LogP contribution >= 0.6 is 15.9 Å². The summed E-state index contributed by atoms with van der Waals surface area (Å²) >= 11 is 3.39. The highest BCUT2D eigenvalue weighted by molar-refractivity contribution is 9.10. The zero-order valence-electron chi connectivity index (χ0n) is 11.3. The number of anilines is 2. The van der Waals surface area contributed by atoms with E-state index in [2.05, 4.69) is 21.2 Å². The van der Waals surface area contributed by atoms with E-state index >= 15 is 0 Å². The van der Waals surface area contributed by atoms with Gasteiger partial charge in [0.15, 0.2) is 11.5 Å². The number of nitrogens with one attached hydrogen (secondary N) is 1. The molecule has 0 atom stereocenters. The van der Waals surface area contributed by atoms with Crippen LogP contribution in [0.15, 0.2) is 34.8 Å². The van der Waals surface area contributed by atoms with Gasteiger partial charge in [-0.1, -0.05) is 22.0 Å². The van der Waals surface area contributed by atoms with Crippen molar-refractivity contribution >= 4 is 33.2 Å². The third-order valence-corrected chi connectivity index (χ3v) is 3.73. The van der Waals surface area contributed by atoms with Gasteiger partial charge in [-0.3, -0.25) is 4.79 Å². The molecule has 0 fully saturated rings. The zero-order valence-corrected chi connectivity index (χ0v) is 12.9. The summed E-state index contributed by atoms with van der Waals surface area (Å²) < 4.78 is 11.4. The molecule has 1 aliphatic heterocycles. The second-order valence-electron chi connectivity index (χ2n) is 4.71. The maximum absolute atomic E-state index is 12.4. The predicted octanol–water partition coefficient (Wildman–Crippen LogP) is 3.32. The molecular weight excluding hydrogens is 336 g/mol. The summed E-state index contributed by atoms with van der Waals surface area (Å²) in [6, 6.07) is 8.88. The van der Waals surface area contributed by atoms with Gasteiger partial charge in [-0.05, 0) is 30.7 Å². The summed E-state index contributed by atoms with van der Waals surface area (Å²) in [5, 5.41) is 2.85. The summed E-state index contributed by atoms with van der Waals surface area (Å²) in [6.45, 7) is 2.07. The Kier molecular flexibility index (Phi) is 3.47. The van der Waals surface area contributed by atoms with Crippen molar-refractivity contribution in [3.05, 3.63) is 45.9 Å². The number of fused-ring (bicyclic) bond motifs is 1. The Balaban J connectivity index is 1.91. The lowest BCUT2D eigenvalue weighted by Gasteiger charge is -2.11. The Morgan fingerprint density at radius 2 is 1.95 bits per heavy atom. The first-order valence-corrected chi connectivity index (χ1v) is 7.10. The highest BCUT2D eigenvalue weighted by atomic mass is 79.9. The number of ether oxygens (including phenoxy) is 2. The molecule has 0 aliphatic carbocycles. The van der Waals surface area contributed by atoms with Gasteiger partial charge in [0.25, 0.3) is 5.91 Å². The van der Waals surface area contributed by atoms with Crippen LogP contribution in [0, 0.1) is 6.92 Å². The molecule has 1 aliphatic rings. The van der Waals surface area contributed by atoms with E-state index in [9.17, 15) is 4.79 Å². The lowest BCUT2D eigenvalue weighted by atomic mass is 10.1. The molecule has 0 spiro atoms. The number of hydrogen-bond acceptors (Lipinski definition) is 4. The van der Waals surface area contributed by atoms with Gasteiger partial charge in [-0.15, -0.1) is 0 Å². The minimum absolute atomic E-state index is 0.143. The number of hydrogen-bond donors (Lipinski definition) is 2. The third kappa shape index (κ3) is 2.67. The summed E-state index contributed by atoms with van der Waals surface area (Å²) in [5.41, 5.74) is 8.31. The SMILES string of the molecule is Cc1ccc(Br)cc1NC(=O)c1cc2c(cc1N)OCO2. The van der Waals surface area contributed by atoms with Gasteiger partial charge in [0.1, 0.15) is 0 Å². The van der Waals surface area contributed by atoms with Crippen LogP contribution in [0.4, 0.5) is 11.4 Å². The van der Waals surface area contributed by atoms with Crippen LogP contribution in [0.1, 0.15) is 15.9 Å². The van der Waals surface area contributed by atoms with Crippen molar-refractivity contribution in [1.82, 2.24) is 0 Å². The van der Waals surface area contributed by atoms with E-state index in [1.54, 1.807) is 12.1 Å². The number of nitrogen functional groups attached to an aromatic ring is 1. The van der Waals surface area contributed by atoms with Crippen LogP contribution in [-0.4, -0.2) is 12.7 Å². The van der Waals surface area contributed by atoms with Gasteiger partial charge < -0.3 is 20.5 Å². The molecule has 0 saturated heterocycles. The van der Waals surface area contributed by atoms with Crippen molar-refractivity contribution in [1.29, 1.82) is 0 Å². The largest absolute Gasteiger partial charge is 0.454 e. The van der Waals surface area contributed by atoms with Crippen molar-refractivity contribution in [2.75, 3.05) is 17.8 Å². The zero-order chi connectivity index (χ0) is 15.0. The molecule has 21 heavy (non-hydrogen) atoms. The highest BCUT2D eigenvalue weighted by Crippen LogP contribution is 2.36. The van der Waals surface area contributed by atoms with Gasteiger partial charge in [0, 0.05) is 21.9 Å². The van der Waals surface area contributed by atoms with E-state index in [-0.39, 0.29) is 12.7 Å². The van der Waals surface area contributed by atoms with E-state index < -0.39 is 0 Å². The lowest BCUT2D eigenvalue weighted by molar-refractivity contribution is 0.102. The molecule has 108 valence electrons. The van der Waals surface area contributed by atoms with Crippen molar-refractivity contribution < 1.29 is 14.3 Å². The Bertz CT molecular complexity index is 731. The first kappa shape index (κ1) is 13.8. The summed E-state index contributed by atoms with van der Waals surface area (Å²) in [7, 11) is 0. The summed E-state index contributed by atoms with van der Waals surface area (Å²) in [5.74, 6) is 0.801. The average molecular weight is 349 g/mol. The van der Waals surface area contributed by atoms with Gasteiger partial charge in [0.2, 0.25) is 6.79 Å². The molecule has 2 aromatic carbocycles. The molecule has 0 bridgehead atoms. The molecule has 6 heteroatoms. The van der Waals surface area contributed by atoms with Crippen molar-refractivity contribution in [3.8, 4) is 11.5 Å². The summed E-state index contributed by atoms with van der Waals surface area (Å²) in [4.78, 5) is 12.4. The first-order chi connectivity index (χ1) is 10.0. The fourth-order valence-corrected chi connectivity index (χ4v) is 2.43. The average Bonchev–Trinajstić information content (AvgIpc) is 2.89. The second-order valence-corrected chi connectivity index (χ2v) is 5.62. The number of halogens is 1. The Morgan fingerprint density at radius 3 is 2.71 bits per heavy atom. The predicted molar refractivity (Wildman–Crippen MR) is 83.8 cm³/mol. The van der Waals surface area contributed by atoms with Gasteiger partial charge in [-0.25, -0.2) is 0 Å². The first-order valence-electron chi connectivity index (χ1n) is 6.31. The molecule has 2 aromatic rings. The van der Waals surface area contributed by atoms with Gasteiger partial charge >= 0.3 is 0 Å². The number of nitrogens with two attached hydrogens (primary N) is 1. The quantitative estimate of drug-likeness (QED) is 0.816. The second kappa shape index (κ2) is 5.29. The topological polar surface area (TPSA) is 73.6 Å². The van der Waals surface area contributed by atoms with Crippen LogP contribution < -0.4 is 20.5 Å². The molecular formula is C15H13BrN2O3. The van der Waals surface area contributed by atoms with Crippen LogP contribution in [0.2, 0.25) is 0 Å². The van der Waals surface area contributed by atoms with E-state index in [0.29, 0.717) is 22.7 Å². The minimum Gasteiger partial charge on any atom is -0.454 e. The van der Waals surface area contributed by atoms with Gasteiger partial charge in [0.05, 0.1) is 5.56 Å². The van der Waals surface area contributed by atoms with Crippen molar-refractivity contribution in [2.45, 2.75) is 6.92 Å². The normalized spacial score (nSPS) is 12.3. The number of carbonyl (C=O) groups is 1. The van der Waals surface area contributed by atoms with E-state index in [1.165, 1.54) is 0 Å². The van der Waals surface area contributed by atoms with E-state index in [1.807, 2.05) is 25.1 Å². The molecule has 5 nitrogen and oxygen atoms in total. The smallest absolute Gasteiger partial charge is 0.257 e. The molecule has 1 amide bonds. The minimum atomic E-state index is -0.285. The monoisotopic (exact) mass is 348 g/mol. The maximum atomic E-state index is 12.4. The molecule has 0 unspecified atom stereocenters. The summed E-state index contributed by atoms with van der Waals surface area (Å²) in [6.07, 6.45) is 0. The fraction of sp³-hybridized carbons (Fsp3) is 0.133. The Labute approximate surface area is 130 Å². The van der Waals surface area contributed by atoms with Gasteiger partial charge in [-0.2, -0.15) is 0 Å². The Hall–Kier alpha value is -2.21. The molecule has 0 aromatic heterocycles. The third-order valence-electron chi connectivity index (χ3n) is 3.24. The fourth-order valence-electron chi connectivity index (χ4n) is 2.07. The molecule has 3 rings (SSSR count). The van der Waals surface area contributed by atoms with Crippen LogP contribution in [0.25, 0.3) is 0 Å². The lowest BCUT2D eigenvalue weighted by Crippen LogP contribution is -2.14. The number of rotatable bonds is 2. The standard InChI is InChI=1S/C15H13BrN2O3/c1-8-2-3-9(16)4-12(8)18-15(19)10-5-13-14(6-11(10)17)21-7-20-13/h2-6H,7,17H2,1H3,(H,18,19). The van der Waals surface area contributed by atoms with E-state index in [4.69, 9.17) is 15.2 Å². The molecule has 3 N–H and O–H groups in total. The van der Waals surface area contributed by atoms with Crippen molar-refractivity contribution in [3.63, 3.8) is 0 Å². The number of amides is 1. The molecule has 0 radical (unpaired) electrons. The van der Waals surface area contributed by atoms with E-state index in [0.717, 1.165) is 15.7 Å². The number of aryl methyl sites for hydroxylation is 1. The van der Waals surface area contributed by atoms with Crippen LogP contribution in [0.3, 0.4) is 0 Å². The Morgan fingerprint density at radius 1 is 1.24 bits per heavy atom.